The van der Waals surface area contributed by atoms with Crippen LogP contribution < -0.4 is 5.32 Å². The Morgan fingerprint density at radius 1 is 1.16 bits per heavy atom. The lowest BCUT2D eigenvalue weighted by Gasteiger charge is -2.15. The number of rotatable bonds is 4. The van der Waals surface area contributed by atoms with Crippen LogP contribution >= 0.6 is 11.6 Å². The smallest absolute Gasteiger partial charge is 0.255 e. The van der Waals surface area contributed by atoms with Crippen LogP contribution in [0, 0.1) is 6.92 Å². The first-order valence-electron chi connectivity index (χ1n) is 9.40. The van der Waals surface area contributed by atoms with E-state index in [-0.39, 0.29) is 21.7 Å². The van der Waals surface area contributed by atoms with Crippen molar-refractivity contribution in [2.24, 2.45) is 4.99 Å². The summed E-state index contributed by atoms with van der Waals surface area (Å²) in [5.74, 6) is -0.992. The summed E-state index contributed by atoms with van der Waals surface area (Å²) in [6.45, 7) is 1.91. The third-order valence-corrected chi connectivity index (χ3v) is 6.23. The third kappa shape index (κ3) is 4.25. The minimum atomic E-state index is -3.39. The summed E-state index contributed by atoms with van der Waals surface area (Å²) in [5.41, 5.74) is 2.75. The number of aromatic amines is 1. The highest BCUT2D eigenvalue weighted by Crippen LogP contribution is 2.28. The fourth-order valence-electron chi connectivity index (χ4n) is 3.13. The first-order valence-corrected chi connectivity index (χ1v) is 11.7. The van der Waals surface area contributed by atoms with E-state index in [2.05, 4.69) is 20.5 Å². The summed E-state index contributed by atoms with van der Waals surface area (Å²) >= 11 is 6.29. The molecule has 32 heavy (non-hydrogen) atoms. The van der Waals surface area contributed by atoms with Crippen LogP contribution in [0.5, 0.6) is 0 Å². The molecule has 0 unspecified atom stereocenters. The maximum atomic E-state index is 12.8. The molecule has 0 fully saturated rings. The number of hydrogen-bond donors (Lipinski definition) is 2. The van der Waals surface area contributed by atoms with E-state index in [1.165, 1.54) is 36.5 Å². The molecule has 1 aromatic heterocycles. The number of Topliss-reactive ketones (excluding diaryl/α,β-unsaturated/α-hetero) is 1. The van der Waals surface area contributed by atoms with Crippen LogP contribution in [0.15, 0.2) is 70.3 Å². The SMILES string of the molecule is Cc1ccc(N=C2C=C(NC(=O)c3ccc(S(C)(=O)=O)cc3)C(=O)c3cn[nH]c32)c(Cl)c1. The Balaban J connectivity index is 1.68. The molecule has 0 aliphatic heterocycles. The van der Waals surface area contributed by atoms with Crippen LogP contribution in [0.4, 0.5) is 5.69 Å². The van der Waals surface area contributed by atoms with E-state index in [0.717, 1.165) is 11.8 Å². The minimum absolute atomic E-state index is 0.0121. The topological polar surface area (TPSA) is 121 Å². The zero-order valence-corrected chi connectivity index (χ0v) is 18.6. The number of sulfone groups is 1. The number of fused-ring (bicyclic) bond motifs is 1. The standard InChI is InChI=1S/C22H17ClN4O4S/c1-12-3-8-17(16(23)9-12)25-18-10-19(21(28)15-11-24-27-20(15)18)26-22(29)13-4-6-14(7-5-13)32(2,30)31/h3-11H,1-2H3,(H,24,27)(H,26,29). The van der Waals surface area contributed by atoms with Crippen LogP contribution in [0.1, 0.15) is 32.0 Å². The highest BCUT2D eigenvalue weighted by Gasteiger charge is 2.28. The number of aromatic nitrogens is 2. The Kier molecular flexibility index (Phi) is 5.53. The molecule has 0 saturated carbocycles. The first kappa shape index (κ1) is 21.7. The van der Waals surface area contributed by atoms with E-state index in [4.69, 9.17) is 11.6 Å². The second-order valence-corrected chi connectivity index (χ2v) is 9.67. The van der Waals surface area contributed by atoms with Crippen LogP contribution in [-0.2, 0) is 9.84 Å². The molecule has 10 heteroatoms. The highest BCUT2D eigenvalue weighted by atomic mass is 35.5. The number of allylic oxidation sites excluding steroid dienone is 2. The van der Waals surface area contributed by atoms with Crippen LogP contribution in [0.2, 0.25) is 5.02 Å². The van der Waals surface area contributed by atoms with Gasteiger partial charge in [0.15, 0.2) is 9.84 Å². The molecule has 2 N–H and O–H groups in total. The number of halogens is 1. The van der Waals surface area contributed by atoms with Crippen LogP contribution in [0.3, 0.4) is 0 Å². The number of ketones is 1. The average molecular weight is 469 g/mol. The van der Waals surface area contributed by atoms with Gasteiger partial charge in [-0.3, -0.25) is 14.7 Å². The second kappa shape index (κ2) is 8.18. The summed E-state index contributed by atoms with van der Waals surface area (Å²) in [6.07, 6.45) is 3.89. The molecule has 162 valence electrons. The van der Waals surface area contributed by atoms with Gasteiger partial charge in [-0.2, -0.15) is 5.10 Å². The normalized spacial score (nSPS) is 14.8. The average Bonchev–Trinajstić information content (AvgIpc) is 3.23. The fourth-order valence-corrected chi connectivity index (χ4v) is 4.04. The minimum Gasteiger partial charge on any atom is -0.319 e. The summed E-state index contributed by atoms with van der Waals surface area (Å²) in [7, 11) is -3.39. The molecule has 1 heterocycles. The van der Waals surface area contributed by atoms with Crippen LogP contribution in [-0.4, -0.2) is 42.3 Å². The van der Waals surface area contributed by atoms with Gasteiger partial charge in [-0.15, -0.1) is 0 Å². The molecule has 1 amide bonds. The molecule has 0 saturated heterocycles. The molecule has 2 aromatic carbocycles. The molecular formula is C22H17ClN4O4S. The van der Waals surface area contributed by atoms with Crippen molar-refractivity contribution in [2.75, 3.05) is 6.26 Å². The molecule has 0 spiro atoms. The molecule has 1 aliphatic carbocycles. The predicted molar refractivity (Wildman–Crippen MR) is 120 cm³/mol. The maximum Gasteiger partial charge on any atom is 0.255 e. The van der Waals surface area contributed by atoms with Crippen LogP contribution in [0.25, 0.3) is 0 Å². The van der Waals surface area contributed by atoms with Gasteiger partial charge >= 0.3 is 0 Å². The third-order valence-electron chi connectivity index (χ3n) is 4.80. The Morgan fingerprint density at radius 2 is 1.88 bits per heavy atom. The maximum absolute atomic E-state index is 12.8. The monoisotopic (exact) mass is 468 g/mol. The van der Waals surface area contributed by atoms with E-state index in [1.54, 1.807) is 12.1 Å². The van der Waals surface area contributed by atoms with E-state index < -0.39 is 21.5 Å². The Bertz CT molecular complexity index is 1420. The van der Waals surface area contributed by atoms with E-state index >= 15 is 0 Å². The summed E-state index contributed by atoms with van der Waals surface area (Å²) < 4.78 is 23.2. The molecule has 3 aromatic rings. The van der Waals surface area contributed by atoms with Crippen molar-refractivity contribution < 1.29 is 18.0 Å². The summed E-state index contributed by atoms with van der Waals surface area (Å²) in [5, 5.41) is 9.71. The highest BCUT2D eigenvalue weighted by molar-refractivity contribution is 7.90. The summed E-state index contributed by atoms with van der Waals surface area (Å²) in [6, 6.07) is 10.8. The second-order valence-electron chi connectivity index (χ2n) is 7.25. The van der Waals surface area contributed by atoms with Crippen molar-refractivity contribution in [3.05, 3.63) is 87.8 Å². The van der Waals surface area contributed by atoms with Gasteiger partial charge in [0.25, 0.3) is 5.91 Å². The number of nitrogens with zero attached hydrogens (tertiary/aromatic N) is 2. The Labute approximate surface area is 188 Å². The number of amides is 1. The van der Waals surface area contributed by atoms with E-state index in [0.29, 0.717) is 22.1 Å². The van der Waals surface area contributed by atoms with Crippen molar-refractivity contribution in [1.82, 2.24) is 15.5 Å². The largest absolute Gasteiger partial charge is 0.319 e. The van der Waals surface area contributed by atoms with Crippen molar-refractivity contribution in [2.45, 2.75) is 11.8 Å². The zero-order valence-electron chi connectivity index (χ0n) is 17.0. The Morgan fingerprint density at radius 3 is 2.53 bits per heavy atom. The number of hydrogen-bond acceptors (Lipinski definition) is 6. The molecule has 4 rings (SSSR count). The van der Waals surface area contributed by atoms with Crippen molar-refractivity contribution >= 4 is 44.5 Å². The quantitative estimate of drug-likeness (QED) is 0.607. The van der Waals surface area contributed by atoms with Gasteiger partial charge in [-0.1, -0.05) is 17.7 Å². The lowest BCUT2D eigenvalue weighted by molar-refractivity contribution is 0.0932. The summed E-state index contributed by atoms with van der Waals surface area (Å²) in [4.78, 5) is 30.2. The molecular weight excluding hydrogens is 452 g/mol. The molecule has 8 nitrogen and oxygen atoms in total. The number of H-pyrrole nitrogens is 1. The number of benzene rings is 2. The molecule has 0 radical (unpaired) electrons. The van der Waals surface area contributed by atoms with Gasteiger partial charge in [0.2, 0.25) is 5.78 Å². The van der Waals surface area contributed by atoms with E-state index in [1.807, 2.05) is 13.0 Å². The van der Waals surface area contributed by atoms with E-state index in [9.17, 15) is 18.0 Å². The predicted octanol–water partition coefficient (Wildman–Crippen LogP) is 3.41. The Hall–Kier alpha value is -3.56. The van der Waals surface area contributed by atoms with Gasteiger partial charge in [-0.25, -0.2) is 13.4 Å². The molecule has 1 aliphatic rings. The number of aliphatic imine (C=N–C) groups is 1. The first-order chi connectivity index (χ1) is 15.1. The number of carbonyl (C=O) groups is 2. The molecule has 0 bridgehead atoms. The van der Waals surface area contributed by atoms with Gasteiger partial charge in [0.1, 0.15) is 0 Å². The van der Waals surface area contributed by atoms with Gasteiger partial charge in [0.05, 0.1) is 44.5 Å². The number of aryl methyl sites for hydroxylation is 1. The van der Waals surface area contributed by atoms with Crippen molar-refractivity contribution in [3.63, 3.8) is 0 Å². The lowest BCUT2D eigenvalue weighted by atomic mass is 9.98. The van der Waals surface area contributed by atoms with Gasteiger partial charge in [0, 0.05) is 11.8 Å². The van der Waals surface area contributed by atoms with Crippen molar-refractivity contribution in [1.29, 1.82) is 0 Å². The van der Waals surface area contributed by atoms with Gasteiger partial charge in [-0.05, 0) is 55.0 Å². The van der Waals surface area contributed by atoms with Crippen molar-refractivity contribution in [3.8, 4) is 0 Å². The molecule has 0 atom stereocenters. The number of nitrogens with one attached hydrogen (secondary N) is 2. The lowest BCUT2D eigenvalue weighted by Crippen LogP contribution is -2.31. The fraction of sp³-hybridized carbons (Fsp3) is 0.0909. The number of carbonyl (C=O) groups excluding carboxylic acids is 2. The zero-order chi connectivity index (χ0) is 23.0. The van der Waals surface area contributed by atoms with Gasteiger partial charge < -0.3 is 5.32 Å².